The number of pyridine rings is 1. The van der Waals surface area contributed by atoms with E-state index in [4.69, 9.17) is 19.8 Å². The molecule has 2 aliphatic rings. The number of ether oxygens (including phenoxy) is 1. The number of anilines is 2. The molecule has 0 radical (unpaired) electrons. The van der Waals surface area contributed by atoms with Gasteiger partial charge in [0.25, 0.3) is 0 Å². The molecular weight excluding hydrogens is 481 g/mol. The van der Waals surface area contributed by atoms with Gasteiger partial charge in [0.15, 0.2) is 5.82 Å². The average Bonchev–Trinajstić information content (AvgIpc) is 3.25. The first-order valence-electron chi connectivity index (χ1n) is 12.4. The zero-order chi connectivity index (χ0) is 27.3. The number of nitrogens with zero attached hydrogens (tertiary/aromatic N) is 2. The van der Waals surface area contributed by atoms with E-state index in [2.05, 4.69) is 10.3 Å². The quantitative estimate of drug-likeness (QED) is 0.598. The molecule has 3 heterocycles. The Morgan fingerprint density at radius 1 is 1.16 bits per heavy atom. The molecule has 3 N–H and O–H groups in total. The number of carbonyl (C=O) groups excluding carboxylic acids is 1. The van der Waals surface area contributed by atoms with Gasteiger partial charge < -0.3 is 30.0 Å². The molecule has 0 aliphatic carbocycles. The molecule has 0 saturated carbocycles. The summed E-state index contributed by atoms with van der Waals surface area (Å²) in [6, 6.07) is 4.48. The molecule has 1 amide bonds. The maximum absolute atomic E-state index is 14.8. The molecule has 2 aliphatic heterocycles. The summed E-state index contributed by atoms with van der Waals surface area (Å²) in [6.07, 6.45) is 0.999. The molecule has 200 valence electrons. The maximum atomic E-state index is 14.8. The van der Waals surface area contributed by atoms with E-state index < -0.39 is 53.6 Å². The van der Waals surface area contributed by atoms with E-state index in [1.807, 2.05) is 32.6 Å². The largest absolute Gasteiger partial charge is 0.496 e. The minimum atomic E-state index is -0.711. The highest BCUT2D eigenvalue weighted by Crippen LogP contribution is 2.37. The second kappa shape index (κ2) is 9.43. The van der Waals surface area contributed by atoms with Gasteiger partial charge in [0.2, 0.25) is 0 Å². The highest BCUT2D eigenvalue weighted by molar-refractivity contribution is 6.62. The fourth-order valence-corrected chi connectivity index (χ4v) is 4.56. The van der Waals surface area contributed by atoms with Gasteiger partial charge in [0, 0.05) is 30.7 Å². The van der Waals surface area contributed by atoms with Crippen molar-refractivity contribution >= 4 is 30.2 Å². The first-order chi connectivity index (χ1) is 17.1. The number of carbonyl (C=O) groups is 1. The van der Waals surface area contributed by atoms with E-state index in [0.29, 0.717) is 17.0 Å². The summed E-state index contributed by atoms with van der Waals surface area (Å²) in [4.78, 5) is 19.0. The van der Waals surface area contributed by atoms with E-state index in [1.54, 1.807) is 33.0 Å². The number of aromatic nitrogens is 1. The van der Waals surface area contributed by atoms with E-state index >= 15 is 0 Å². The lowest BCUT2D eigenvalue weighted by Gasteiger charge is -2.32. The first-order valence-corrected chi connectivity index (χ1v) is 12.4. The summed E-state index contributed by atoms with van der Waals surface area (Å²) in [6.45, 7) is 13.6. The van der Waals surface area contributed by atoms with Crippen LogP contribution in [0.1, 0.15) is 59.9 Å². The summed E-state index contributed by atoms with van der Waals surface area (Å²) in [7, 11) is -0.622. The van der Waals surface area contributed by atoms with Crippen LogP contribution in [0.25, 0.3) is 0 Å². The van der Waals surface area contributed by atoms with Crippen LogP contribution in [0.4, 0.5) is 25.1 Å². The normalized spacial score (nSPS) is 22.8. The van der Waals surface area contributed by atoms with Crippen molar-refractivity contribution in [3.05, 3.63) is 47.7 Å². The predicted octanol–water partition coefficient (Wildman–Crippen LogP) is 3.74. The van der Waals surface area contributed by atoms with Crippen LogP contribution in [0.3, 0.4) is 0 Å². The Kier molecular flexibility index (Phi) is 6.92. The summed E-state index contributed by atoms with van der Waals surface area (Å²) in [5, 5.41) is 2.82. The Hall–Kier alpha value is -2.92. The van der Waals surface area contributed by atoms with Crippen molar-refractivity contribution in [2.24, 2.45) is 0 Å². The lowest BCUT2D eigenvalue weighted by atomic mass is 9.80. The van der Waals surface area contributed by atoms with Crippen LogP contribution in [0.5, 0.6) is 0 Å². The van der Waals surface area contributed by atoms with Crippen LogP contribution in [-0.4, -0.2) is 54.1 Å². The Balaban J connectivity index is 1.60. The van der Waals surface area contributed by atoms with Gasteiger partial charge in [-0.2, -0.15) is 0 Å². The number of benzene rings is 1. The Morgan fingerprint density at radius 3 is 2.41 bits per heavy atom. The van der Waals surface area contributed by atoms with Gasteiger partial charge in [-0.05, 0) is 78.3 Å². The molecular formula is C26H35BF2N4O4. The van der Waals surface area contributed by atoms with Crippen molar-refractivity contribution in [2.45, 2.75) is 77.2 Å². The van der Waals surface area contributed by atoms with Crippen LogP contribution in [-0.2, 0) is 14.0 Å². The van der Waals surface area contributed by atoms with Crippen molar-refractivity contribution in [1.82, 2.24) is 10.3 Å². The fourth-order valence-electron chi connectivity index (χ4n) is 4.56. The second-order valence-electron chi connectivity index (χ2n) is 11.7. The Morgan fingerprint density at radius 2 is 1.81 bits per heavy atom. The molecule has 1 aromatic heterocycles. The summed E-state index contributed by atoms with van der Waals surface area (Å²) in [5.41, 5.74) is 5.90. The van der Waals surface area contributed by atoms with Crippen molar-refractivity contribution in [3.8, 4) is 0 Å². The minimum absolute atomic E-state index is 0.163. The standard InChI is InChI=1S/C26H35BF2N4O4/c1-24(2,3)35-23(34)32-21-14-33(13-18(21)17-11-16(28)8-9-19(17)29)22-20(30)10-15(12-31-22)27-36-25(4,5)26(6,7)37-27/h8-12,18,21H,13-14,30H2,1-7H3,(H,32,34)/t18-,21+/m1/s1. The first kappa shape index (κ1) is 27.1. The number of nitrogens with one attached hydrogen (secondary N) is 1. The van der Waals surface area contributed by atoms with Gasteiger partial charge in [-0.25, -0.2) is 18.6 Å². The van der Waals surface area contributed by atoms with Gasteiger partial charge >= 0.3 is 13.2 Å². The van der Waals surface area contributed by atoms with E-state index in [-0.39, 0.29) is 18.7 Å². The van der Waals surface area contributed by atoms with Crippen LogP contribution >= 0.6 is 0 Å². The van der Waals surface area contributed by atoms with Gasteiger partial charge in [-0.15, -0.1) is 0 Å². The SMILES string of the molecule is CC(C)(C)OC(=O)N[C@H]1CN(c2ncc(B3OC(C)(C)C(C)(C)O3)cc2N)C[C@@H]1c1cc(F)ccc1F. The van der Waals surface area contributed by atoms with Crippen molar-refractivity contribution in [2.75, 3.05) is 23.7 Å². The third kappa shape index (κ3) is 5.67. The van der Waals surface area contributed by atoms with E-state index in [9.17, 15) is 13.6 Å². The van der Waals surface area contributed by atoms with Crippen molar-refractivity contribution in [3.63, 3.8) is 0 Å². The average molecular weight is 516 g/mol. The molecule has 0 unspecified atom stereocenters. The second-order valence-corrected chi connectivity index (χ2v) is 11.7. The fraction of sp³-hybridized carbons (Fsp3) is 0.538. The number of rotatable bonds is 4. The van der Waals surface area contributed by atoms with Crippen LogP contribution in [0.2, 0.25) is 0 Å². The minimum Gasteiger partial charge on any atom is -0.444 e. The van der Waals surface area contributed by atoms with Gasteiger partial charge in [-0.1, -0.05) is 0 Å². The molecule has 4 rings (SSSR count). The van der Waals surface area contributed by atoms with E-state index in [1.165, 1.54) is 0 Å². The number of halogens is 2. The molecule has 0 bridgehead atoms. The van der Waals surface area contributed by atoms with Crippen molar-refractivity contribution in [1.29, 1.82) is 0 Å². The number of nitrogen functional groups attached to an aromatic ring is 1. The molecule has 2 saturated heterocycles. The Labute approximate surface area is 217 Å². The topological polar surface area (TPSA) is 98.9 Å². The highest BCUT2D eigenvalue weighted by atomic mass is 19.1. The smallest absolute Gasteiger partial charge is 0.444 e. The third-order valence-corrected chi connectivity index (χ3v) is 7.12. The molecule has 2 atom stereocenters. The lowest BCUT2D eigenvalue weighted by Crippen LogP contribution is -2.43. The van der Waals surface area contributed by atoms with Crippen molar-refractivity contribution < 1.29 is 27.6 Å². The maximum Gasteiger partial charge on any atom is 0.496 e. The van der Waals surface area contributed by atoms with Gasteiger partial charge in [0.1, 0.15) is 17.2 Å². The third-order valence-electron chi connectivity index (χ3n) is 7.12. The molecule has 11 heteroatoms. The molecule has 2 aromatic rings. The van der Waals surface area contributed by atoms with Crippen LogP contribution in [0.15, 0.2) is 30.5 Å². The number of alkyl carbamates (subject to hydrolysis) is 1. The summed E-state index contributed by atoms with van der Waals surface area (Å²) in [5.74, 6) is -1.21. The molecule has 0 spiro atoms. The molecule has 1 aromatic carbocycles. The molecule has 8 nitrogen and oxygen atoms in total. The highest BCUT2D eigenvalue weighted by Gasteiger charge is 2.52. The summed E-state index contributed by atoms with van der Waals surface area (Å²) < 4.78 is 46.4. The number of hydrogen-bond donors (Lipinski definition) is 2. The van der Waals surface area contributed by atoms with Gasteiger partial charge in [-0.3, -0.25) is 0 Å². The lowest BCUT2D eigenvalue weighted by molar-refractivity contribution is 0.00578. The number of hydrogen-bond acceptors (Lipinski definition) is 7. The van der Waals surface area contributed by atoms with Crippen LogP contribution < -0.4 is 21.4 Å². The molecule has 2 fully saturated rings. The monoisotopic (exact) mass is 516 g/mol. The zero-order valence-electron chi connectivity index (χ0n) is 22.4. The summed E-state index contributed by atoms with van der Waals surface area (Å²) >= 11 is 0. The zero-order valence-corrected chi connectivity index (χ0v) is 22.4. The number of nitrogens with two attached hydrogens (primary N) is 1. The van der Waals surface area contributed by atoms with Crippen LogP contribution in [0, 0.1) is 11.6 Å². The Bertz CT molecular complexity index is 1170. The van der Waals surface area contributed by atoms with E-state index in [0.717, 1.165) is 18.2 Å². The number of amides is 1. The van der Waals surface area contributed by atoms with Gasteiger partial charge in [0.05, 0.1) is 22.9 Å². The predicted molar refractivity (Wildman–Crippen MR) is 139 cm³/mol. The molecule has 37 heavy (non-hydrogen) atoms.